The van der Waals surface area contributed by atoms with Gasteiger partial charge in [-0.2, -0.15) is 0 Å². The molecule has 0 atom stereocenters. The molecule has 0 saturated heterocycles. The lowest BCUT2D eigenvalue weighted by Crippen LogP contribution is -1.90. The number of rotatable bonds is 3. The van der Waals surface area contributed by atoms with Gasteiger partial charge in [0.1, 0.15) is 0 Å². The Kier molecular flexibility index (Phi) is 4.27. The summed E-state index contributed by atoms with van der Waals surface area (Å²) >= 11 is 10.4. The number of nitro groups is 1. The molecular weight excluding hydrogens is 338 g/mol. The molecule has 0 bridgehead atoms. The van der Waals surface area contributed by atoms with E-state index in [0.29, 0.717) is 14.4 Å². The van der Waals surface area contributed by atoms with Crippen LogP contribution in [0.3, 0.4) is 0 Å². The zero-order chi connectivity index (χ0) is 13.1. The topological polar surface area (TPSA) is 43.1 Å². The van der Waals surface area contributed by atoms with Crippen molar-refractivity contribution >= 4 is 45.0 Å². The smallest absolute Gasteiger partial charge is 0.258 e. The number of hydrogen-bond donors (Lipinski definition) is 0. The van der Waals surface area contributed by atoms with Crippen molar-refractivity contribution in [3.8, 4) is 0 Å². The lowest BCUT2D eigenvalue weighted by Gasteiger charge is -2.03. The predicted octanol–water partition coefficient (Wildman–Crippen LogP) is 5.16. The van der Waals surface area contributed by atoms with Gasteiger partial charge in [0.05, 0.1) is 9.82 Å². The molecule has 18 heavy (non-hydrogen) atoms. The van der Waals surface area contributed by atoms with E-state index in [0.717, 1.165) is 4.90 Å². The molecule has 2 rings (SSSR count). The Morgan fingerprint density at radius 1 is 1.17 bits per heavy atom. The van der Waals surface area contributed by atoms with Crippen LogP contribution < -0.4 is 0 Å². The van der Waals surface area contributed by atoms with E-state index in [1.807, 2.05) is 12.1 Å². The largest absolute Gasteiger partial charge is 0.284 e. The van der Waals surface area contributed by atoms with Gasteiger partial charge in [0, 0.05) is 20.5 Å². The second-order valence-electron chi connectivity index (χ2n) is 3.43. The Morgan fingerprint density at radius 3 is 2.44 bits per heavy atom. The molecule has 0 aliphatic heterocycles. The molecule has 2 aromatic carbocycles. The summed E-state index contributed by atoms with van der Waals surface area (Å²) in [5.41, 5.74) is 0.0873. The summed E-state index contributed by atoms with van der Waals surface area (Å²) in [6.45, 7) is 0. The summed E-state index contributed by atoms with van der Waals surface area (Å²) < 4.78 is 0.689. The highest BCUT2D eigenvalue weighted by atomic mass is 79.9. The molecule has 6 heteroatoms. The molecule has 0 heterocycles. The highest BCUT2D eigenvalue weighted by Gasteiger charge is 2.15. The fourth-order valence-electron chi connectivity index (χ4n) is 1.35. The van der Waals surface area contributed by atoms with Gasteiger partial charge in [-0.3, -0.25) is 10.1 Å². The highest BCUT2D eigenvalue weighted by molar-refractivity contribution is 9.10. The van der Waals surface area contributed by atoms with E-state index in [9.17, 15) is 10.1 Å². The van der Waals surface area contributed by atoms with Crippen LogP contribution in [0.4, 0.5) is 5.69 Å². The van der Waals surface area contributed by atoms with Crippen molar-refractivity contribution in [2.24, 2.45) is 0 Å². The van der Waals surface area contributed by atoms with Gasteiger partial charge in [-0.1, -0.05) is 39.3 Å². The third kappa shape index (κ3) is 3.25. The molecule has 0 spiro atoms. The van der Waals surface area contributed by atoms with E-state index >= 15 is 0 Å². The van der Waals surface area contributed by atoms with Crippen LogP contribution in [-0.4, -0.2) is 4.92 Å². The van der Waals surface area contributed by atoms with Crippen LogP contribution in [0.15, 0.2) is 56.7 Å². The SMILES string of the molecule is O=[N+]([O-])c1cc(Br)ccc1Sc1ccc(Cl)cc1. The fourth-order valence-corrected chi connectivity index (χ4v) is 2.72. The minimum absolute atomic E-state index is 0.0873. The lowest BCUT2D eigenvalue weighted by molar-refractivity contribution is -0.387. The van der Waals surface area contributed by atoms with Crippen molar-refractivity contribution in [3.63, 3.8) is 0 Å². The van der Waals surface area contributed by atoms with E-state index in [4.69, 9.17) is 11.6 Å². The van der Waals surface area contributed by atoms with Crippen LogP contribution >= 0.6 is 39.3 Å². The first-order valence-corrected chi connectivity index (χ1v) is 6.92. The van der Waals surface area contributed by atoms with Crippen LogP contribution in [0.5, 0.6) is 0 Å². The van der Waals surface area contributed by atoms with Gasteiger partial charge in [-0.25, -0.2) is 0 Å². The zero-order valence-corrected chi connectivity index (χ0v) is 12.1. The van der Waals surface area contributed by atoms with E-state index in [1.54, 1.807) is 24.3 Å². The monoisotopic (exact) mass is 343 g/mol. The fraction of sp³-hybridized carbons (Fsp3) is 0. The first-order chi connectivity index (χ1) is 8.56. The number of nitro benzene ring substituents is 1. The lowest BCUT2D eigenvalue weighted by atomic mass is 10.3. The summed E-state index contributed by atoms with van der Waals surface area (Å²) in [6.07, 6.45) is 0. The molecule has 0 aliphatic carbocycles. The zero-order valence-electron chi connectivity index (χ0n) is 8.97. The summed E-state index contributed by atoms with van der Waals surface area (Å²) in [5, 5.41) is 11.6. The van der Waals surface area contributed by atoms with E-state index in [2.05, 4.69) is 15.9 Å². The maximum absolute atomic E-state index is 11.0. The summed E-state index contributed by atoms with van der Waals surface area (Å²) in [4.78, 5) is 12.1. The molecule has 0 aliphatic rings. The molecule has 92 valence electrons. The van der Waals surface area contributed by atoms with Gasteiger partial charge in [-0.05, 0) is 36.4 Å². The number of benzene rings is 2. The minimum Gasteiger partial charge on any atom is -0.258 e. The Hall–Kier alpha value is -1.04. The number of hydrogen-bond acceptors (Lipinski definition) is 3. The molecule has 0 N–H and O–H groups in total. The highest BCUT2D eigenvalue weighted by Crippen LogP contribution is 2.36. The maximum Gasteiger partial charge on any atom is 0.284 e. The first kappa shape index (κ1) is 13.4. The molecule has 0 aromatic heterocycles. The van der Waals surface area contributed by atoms with Crippen LogP contribution in [0, 0.1) is 10.1 Å². The van der Waals surface area contributed by atoms with Gasteiger partial charge in [0.2, 0.25) is 0 Å². The minimum atomic E-state index is -0.386. The maximum atomic E-state index is 11.0. The first-order valence-electron chi connectivity index (χ1n) is 4.93. The van der Waals surface area contributed by atoms with E-state index in [-0.39, 0.29) is 10.6 Å². The second-order valence-corrected chi connectivity index (χ2v) is 5.89. The molecule has 0 unspecified atom stereocenters. The Balaban J connectivity index is 2.34. The van der Waals surface area contributed by atoms with Crippen molar-refractivity contribution in [1.82, 2.24) is 0 Å². The van der Waals surface area contributed by atoms with Crippen molar-refractivity contribution in [3.05, 3.63) is 62.1 Å². The van der Waals surface area contributed by atoms with Crippen molar-refractivity contribution in [1.29, 1.82) is 0 Å². The van der Waals surface area contributed by atoms with Gasteiger partial charge in [0.25, 0.3) is 5.69 Å². The van der Waals surface area contributed by atoms with Gasteiger partial charge >= 0.3 is 0 Å². The van der Waals surface area contributed by atoms with Crippen molar-refractivity contribution in [2.45, 2.75) is 9.79 Å². The van der Waals surface area contributed by atoms with E-state index in [1.165, 1.54) is 17.8 Å². The Morgan fingerprint density at radius 2 is 1.83 bits per heavy atom. The molecule has 2 aromatic rings. The van der Waals surface area contributed by atoms with Gasteiger partial charge < -0.3 is 0 Å². The van der Waals surface area contributed by atoms with Gasteiger partial charge in [0.15, 0.2) is 0 Å². The quantitative estimate of drug-likeness (QED) is 0.570. The molecule has 0 amide bonds. The van der Waals surface area contributed by atoms with Crippen LogP contribution in [-0.2, 0) is 0 Å². The van der Waals surface area contributed by atoms with Crippen molar-refractivity contribution in [2.75, 3.05) is 0 Å². The van der Waals surface area contributed by atoms with Crippen molar-refractivity contribution < 1.29 is 4.92 Å². The van der Waals surface area contributed by atoms with Crippen LogP contribution in [0.2, 0.25) is 5.02 Å². The Bertz CT molecular complexity index is 589. The predicted molar refractivity (Wildman–Crippen MR) is 76.4 cm³/mol. The number of nitrogens with zero attached hydrogens (tertiary/aromatic N) is 1. The summed E-state index contributed by atoms with van der Waals surface area (Å²) in [6, 6.07) is 12.2. The molecular formula is C12H7BrClNO2S. The van der Waals surface area contributed by atoms with E-state index < -0.39 is 0 Å². The summed E-state index contributed by atoms with van der Waals surface area (Å²) in [7, 11) is 0. The Labute approximate surface area is 121 Å². The molecule has 0 fully saturated rings. The molecule has 0 saturated carbocycles. The van der Waals surface area contributed by atoms with Crippen LogP contribution in [0.1, 0.15) is 0 Å². The second kappa shape index (κ2) is 5.73. The summed E-state index contributed by atoms with van der Waals surface area (Å²) in [5.74, 6) is 0. The van der Waals surface area contributed by atoms with Crippen LogP contribution in [0.25, 0.3) is 0 Å². The molecule has 3 nitrogen and oxygen atoms in total. The standard InChI is InChI=1S/C12H7BrClNO2S/c13-8-1-6-12(11(7-8)15(16)17)18-10-4-2-9(14)3-5-10/h1-7H. The average molecular weight is 345 g/mol. The molecule has 0 radical (unpaired) electrons. The third-order valence-corrected chi connectivity index (χ3v) is 3.98. The number of halogens is 2. The normalized spacial score (nSPS) is 10.3. The van der Waals surface area contributed by atoms with Gasteiger partial charge in [-0.15, -0.1) is 0 Å². The average Bonchev–Trinajstić information content (AvgIpc) is 2.34. The third-order valence-electron chi connectivity index (χ3n) is 2.16.